The van der Waals surface area contributed by atoms with Crippen LogP contribution >= 0.6 is 0 Å². The molecular weight excluding hydrogens is 220 g/mol. The molecule has 2 aromatic rings. The molecule has 0 unspecified atom stereocenters. The molecule has 1 aliphatic rings. The van der Waals surface area contributed by atoms with Crippen molar-refractivity contribution in [3.05, 3.63) is 42.2 Å². The van der Waals surface area contributed by atoms with Crippen LogP contribution in [0.4, 0.5) is 0 Å². The molecule has 1 aromatic heterocycles. The number of hydrogen-bond acceptors (Lipinski definition) is 1. The molecule has 1 saturated carbocycles. The van der Waals surface area contributed by atoms with Gasteiger partial charge in [0.15, 0.2) is 0 Å². The Morgan fingerprint density at radius 3 is 2.33 bits per heavy atom. The number of aryl methyl sites for hydroxylation is 1. The second-order valence-corrected chi connectivity index (χ2v) is 5.36. The van der Waals surface area contributed by atoms with Gasteiger partial charge >= 0.3 is 0 Å². The summed E-state index contributed by atoms with van der Waals surface area (Å²) in [5, 5.41) is 4.22. The van der Waals surface area contributed by atoms with Crippen molar-refractivity contribution in [3.63, 3.8) is 0 Å². The first kappa shape index (κ1) is 11.5. The second-order valence-electron chi connectivity index (χ2n) is 5.36. The van der Waals surface area contributed by atoms with Crippen LogP contribution in [0.2, 0.25) is 0 Å². The van der Waals surface area contributed by atoms with Crippen LogP contribution in [0.3, 0.4) is 0 Å². The van der Waals surface area contributed by atoms with Crippen LogP contribution in [0.15, 0.2) is 36.7 Å². The Labute approximate surface area is 109 Å². The minimum Gasteiger partial charge on any atom is -0.275 e. The maximum atomic E-state index is 4.22. The molecule has 1 fully saturated rings. The van der Waals surface area contributed by atoms with Crippen molar-refractivity contribution >= 4 is 0 Å². The first-order valence-electron chi connectivity index (χ1n) is 6.92. The van der Waals surface area contributed by atoms with E-state index in [0.717, 1.165) is 5.92 Å². The second kappa shape index (κ2) is 4.97. The highest BCUT2D eigenvalue weighted by Crippen LogP contribution is 2.33. The fourth-order valence-corrected chi connectivity index (χ4v) is 2.95. The van der Waals surface area contributed by atoms with Gasteiger partial charge in [-0.05, 0) is 29.9 Å². The fraction of sp³-hybridized carbons (Fsp3) is 0.438. The van der Waals surface area contributed by atoms with Gasteiger partial charge in [-0.3, -0.25) is 4.68 Å². The molecule has 0 bridgehead atoms. The molecule has 2 heteroatoms. The van der Waals surface area contributed by atoms with Gasteiger partial charge in [0.1, 0.15) is 0 Å². The van der Waals surface area contributed by atoms with E-state index in [-0.39, 0.29) is 0 Å². The van der Waals surface area contributed by atoms with Crippen LogP contribution in [0.1, 0.15) is 43.6 Å². The molecule has 1 aliphatic carbocycles. The van der Waals surface area contributed by atoms with Crippen LogP contribution in [-0.4, -0.2) is 9.78 Å². The lowest BCUT2D eigenvalue weighted by Gasteiger charge is -2.22. The van der Waals surface area contributed by atoms with Gasteiger partial charge in [-0.25, -0.2) is 0 Å². The highest BCUT2D eigenvalue weighted by Gasteiger charge is 2.15. The zero-order valence-corrected chi connectivity index (χ0v) is 11.0. The Balaban J connectivity index is 1.80. The lowest BCUT2D eigenvalue weighted by molar-refractivity contribution is 0.443. The molecule has 2 nitrogen and oxygen atoms in total. The highest BCUT2D eigenvalue weighted by atomic mass is 15.2. The predicted molar refractivity (Wildman–Crippen MR) is 74.5 cm³/mol. The monoisotopic (exact) mass is 240 g/mol. The minimum atomic E-state index is 0.793. The summed E-state index contributed by atoms with van der Waals surface area (Å²) in [6, 6.07) is 9.08. The summed E-state index contributed by atoms with van der Waals surface area (Å²) in [5.41, 5.74) is 3.98. The quantitative estimate of drug-likeness (QED) is 0.771. The normalized spacial score (nSPS) is 16.9. The van der Waals surface area contributed by atoms with Crippen molar-refractivity contribution in [3.8, 4) is 11.1 Å². The van der Waals surface area contributed by atoms with E-state index in [4.69, 9.17) is 0 Å². The molecule has 1 aromatic carbocycles. The molecule has 3 rings (SSSR count). The predicted octanol–water partition coefficient (Wildman–Crippen LogP) is 4.13. The van der Waals surface area contributed by atoms with Crippen molar-refractivity contribution in [2.24, 2.45) is 7.05 Å². The van der Waals surface area contributed by atoms with Crippen LogP contribution in [0.5, 0.6) is 0 Å². The highest BCUT2D eigenvalue weighted by molar-refractivity contribution is 5.62. The summed E-state index contributed by atoms with van der Waals surface area (Å²) in [6.07, 6.45) is 10.9. The third kappa shape index (κ3) is 2.33. The number of nitrogens with zero attached hydrogens (tertiary/aromatic N) is 2. The van der Waals surface area contributed by atoms with Crippen molar-refractivity contribution < 1.29 is 0 Å². The summed E-state index contributed by atoms with van der Waals surface area (Å²) in [4.78, 5) is 0. The van der Waals surface area contributed by atoms with E-state index in [1.54, 1.807) is 0 Å². The van der Waals surface area contributed by atoms with Gasteiger partial charge in [0.2, 0.25) is 0 Å². The average molecular weight is 240 g/mol. The number of aromatic nitrogens is 2. The van der Waals surface area contributed by atoms with E-state index in [1.165, 1.54) is 48.8 Å². The molecular formula is C16H20N2. The maximum Gasteiger partial charge on any atom is 0.0568 e. The molecule has 0 N–H and O–H groups in total. The van der Waals surface area contributed by atoms with Gasteiger partial charge in [0.25, 0.3) is 0 Å². The average Bonchev–Trinajstić information content (AvgIpc) is 2.87. The van der Waals surface area contributed by atoms with Gasteiger partial charge < -0.3 is 0 Å². The molecule has 0 amide bonds. The van der Waals surface area contributed by atoms with E-state index >= 15 is 0 Å². The van der Waals surface area contributed by atoms with Crippen molar-refractivity contribution in [2.75, 3.05) is 0 Å². The molecule has 0 atom stereocenters. The van der Waals surface area contributed by atoms with Gasteiger partial charge in [-0.1, -0.05) is 43.5 Å². The van der Waals surface area contributed by atoms with Gasteiger partial charge in [0.05, 0.1) is 6.20 Å². The summed E-state index contributed by atoms with van der Waals surface area (Å²) >= 11 is 0. The van der Waals surface area contributed by atoms with Gasteiger partial charge in [-0.2, -0.15) is 5.10 Å². The lowest BCUT2D eigenvalue weighted by atomic mass is 9.84. The Bertz CT molecular complexity index is 504. The smallest absolute Gasteiger partial charge is 0.0568 e. The van der Waals surface area contributed by atoms with Crippen molar-refractivity contribution in [1.82, 2.24) is 9.78 Å². The van der Waals surface area contributed by atoms with E-state index in [9.17, 15) is 0 Å². The first-order chi connectivity index (χ1) is 8.83. The minimum absolute atomic E-state index is 0.793. The standard InChI is InChI=1S/C16H20N2/c1-18-12-16(11-17-18)15-9-7-14(8-10-15)13-5-3-2-4-6-13/h7-13H,2-6H2,1H3. The van der Waals surface area contributed by atoms with Crippen LogP contribution in [0.25, 0.3) is 11.1 Å². The van der Waals surface area contributed by atoms with Gasteiger partial charge in [-0.15, -0.1) is 0 Å². The zero-order chi connectivity index (χ0) is 12.4. The lowest BCUT2D eigenvalue weighted by Crippen LogP contribution is -2.04. The molecule has 18 heavy (non-hydrogen) atoms. The third-order valence-electron chi connectivity index (χ3n) is 4.03. The Kier molecular flexibility index (Phi) is 3.18. The Hall–Kier alpha value is -1.57. The van der Waals surface area contributed by atoms with Gasteiger partial charge in [0, 0.05) is 18.8 Å². The third-order valence-corrected chi connectivity index (χ3v) is 4.03. The molecule has 0 spiro atoms. The van der Waals surface area contributed by atoms with Crippen LogP contribution < -0.4 is 0 Å². The van der Waals surface area contributed by atoms with Crippen LogP contribution in [-0.2, 0) is 7.05 Å². The topological polar surface area (TPSA) is 17.8 Å². The number of benzene rings is 1. The maximum absolute atomic E-state index is 4.22. The number of rotatable bonds is 2. The summed E-state index contributed by atoms with van der Waals surface area (Å²) in [6.45, 7) is 0. The Morgan fingerprint density at radius 2 is 1.72 bits per heavy atom. The molecule has 1 heterocycles. The van der Waals surface area contributed by atoms with E-state index in [1.807, 2.05) is 17.9 Å². The molecule has 0 aliphatic heterocycles. The van der Waals surface area contributed by atoms with E-state index < -0.39 is 0 Å². The molecule has 0 radical (unpaired) electrons. The largest absolute Gasteiger partial charge is 0.275 e. The first-order valence-corrected chi connectivity index (χ1v) is 6.92. The fourth-order valence-electron chi connectivity index (χ4n) is 2.95. The Morgan fingerprint density at radius 1 is 1.00 bits per heavy atom. The van der Waals surface area contributed by atoms with E-state index in [2.05, 4.69) is 35.6 Å². The zero-order valence-electron chi connectivity index (χ0n) is 11.0. The summed E-state index contributed by atoms with van der Waals surface area (Å²) < 4.78 is 1.85. The van der Waals surface area contributed by atoms with Crippen LogP contribution in [0, 0.1) is 0 Å². The molecule has 94 valence electrons. The summed E-state index contributed by atoms with van der Waals surface area (Å²) in [5.74, 6) is 0.793. The van der Waals surface area contributed by atoms with Crippen molar-refractivity contribution in [2.45, 2.75) is 38.0 Å². The number of hydrogen-bond donors (Lipinski definition) is 0. The van der Waals surface area contributed by atoms with Crippen molar-refractivity contribution in [1.29, 1.82) is 0 Å². The molecule has 0 saturated heterocycles. The van der Waals surface area contributed by atoms with E-state index in [0.29, 0.717) is 0 Å². The SMILES string of the molecule is Cn1cc(-c2ccc(C3CCCCC3)cc2)cn1. The summed E-state index contributed by atoms with van der Waals surface area (Å²) in [7, 11) is 1.96.